The first kappa shape index (κ1) is 17.7. The summed E-state index contributed by atoms with van der Waals surface area (Å²) in [6.45, 7) is 1.46. The molecule has 25 heavy (non-hydrogen) atoms. The average Bonchev–Trinajstić information content (AvgIpc) is 2.80. The second kappa shape index (κ2) is 7.04. The summed E-state index contributed by atoms with van der Waals surface area (Å²) in [6.07, 6.45) is 0. The lowest BCUT2D eigenvalue weighted by molar-refractivity contribution is -0.140. The van der Waals surface area contributed by atoms with E-state index in [-0.39, 0.29) is 12.3 Å². The minimum absolute atomic E-state index is 0.0211. The minimum atomic E-state index is -0.619. The van der Waals surface area contributed by atoms with Crippen LogP contribution in [-0.4, -0.2) is 17.6 Å². The third-order valence-corrected chi connectivity index (χ3v) is 4.52. The molecule has 0 aromatic heterocycles. The van der Waals surface area contributed by atoms with Crippen molar-refractivity contribution < 1.29 is 14.4 Å². The van der Waals surface area contributed by atoms with E-state index in [0.717, 1.165) is 5.56 Å². The second-order valence-corrected chi connectivity index (χ2v) is 6.57. The van der Waals surface area contributed by atoms with Gasteiger partial charge in [-0.2, -0.15) is 0 Å². The second-order valence-electron chi connectivity index (χ2n) is 5.32. The molecule has 0 atom stereocenters. The quantitative estimate of drug-likeness (QED) is 0.567. The summed E-state index contributed by atoms with van der Waals surface area (Å²) >= 11 is 18.0. The van der Waals surface area contributed by atoms with Gasteiger partial charge in [-0.05, 0) is 35.9 Å². The molecule has 0 unspecified atom stereocenters. The van der Waals surface area contributed by atoms with Crippen LogP contribution in [0.2, 0.25) is 15.1 Å². The molecule has 0 N–H and O–H groups in total. The van der Waals surface area contributed by atoms with E-state index >= 15 is 0 Å². The summed E-state index contributed by atoms with van der Waals surface area (Å²) < 4.78 is 0. The number of oxime groups is 1. The predicted octanol–water partition coefficient (Wildman–Crippen LogP) is 4.46. The molecule has 0 radical (unpaired) electrons. The Morgan fingerprint density at radius 3 is 2.56 bits per heavy atom. The zero-order valence-electron chi connectivity index (χ0n) is 12.9. The van der Waals surface area contributed by atoms with Crippen molar-refractivity contribution in [2.45, 2.75) is 13.5 Å². The molecule has 2 aromatic carbocycles. The Labute approximate surface area is 158 Å². The fourth-order valence-corrected chi connectivity index (χ4v) is 2.95. The van der Waals surface area contributed by atoms with Gasteiger partial charge in [-0.3, -0.25) is 4.79 Å². The van der Waals surface area contributed by atoms with Crippen molar-refractivity contribution in [2.75, 3.05) is 4.90 Å². The average molecular weight is 398 g/mol. The fraction of sp³-hybridized carbons (Fsp3) is 0.118. The lowest BCUT2D eigenvalue weighted by Gasteiger charge is -2.17. The molecule has 0 bridgehead atoms. The highest BCUT2D eigenvalue weighted by Gasteiger charge is 2.35. The van der Waals surface area contributed by atoms with Crippen molar-refractivity contribution in [1.82, 2.24) is 0 Å². The molecule has 0 saturated carbocycles. The SMILES string of the molecule is CC(=O)ON=C1C(=O)N(Cc2ccc(Cl)c(Cl)c2)c2ccc(Cl)cc21. The number of benzene rings is 2. The van der Waals surface area contributed by atoms with Crippen LogP contribution in [0.4, 0.5) is 5.69 Å². The summed E-state index contributed by atoms with van der Waals surface area (Å²) in [5.74, 6) is -1.02. The number of nitrogens with zero attached hydrogens (tertiary/aromatic N) is 2. The van der Waals surface area contributed by atoms with Gasteiger partial charge in [-0.1, -0.05) is 46.0 Å². The van der Waals surface area contributed by atoms with E-state index < -0.39 is 11.9 Å². The molecule has 0 aliphatic carbocycles. The third kappa shape index (κ3) is 3.63. The first-order chi connectivity index (χ1) is 11.9. The monoisotopic (exact) mass is 396 g/mol. The molecule has 1 heterocycles. The molecule has 1 amide bonds. The number of anilines is 1. The van der Waals surface area contributed by atoms with Crippen LogP contribution in [0, 0.1) is 0 Å². The molecule has 5 nitrogen and oxygen atoms in total. The van der Waals surface area contributed by atoms with Gasteiger partial charge in [0.1, 0.15) is 0 Å². The molecule has 2 aromatic rings. The number of hydrogen-bond acceptors (Lipinski definition) is 4. The maximum absolute atomic E-state index is 12.7. The summed E-state index contributed by atoms with van der Waals surface area (Å²) in [6, 6.07) is 10.1. The lowest BCUT2D eigenvalue weighted by Crippen LogP contribution is -2.29. The highest BCUT2D eigenvalue weighted by molar-refractivity contribution is 6.54. The molecular formula is C17H11Cl3N2O3. The smallest absolute Gasteiger partial charge is 0.318 e. The van der Waals surface area contributed by atoms with Crippen molar-refractivity contribution in [3.05, 3.63) is 62.6 Å². The Balaban J connectivity index is 2.00. The van der Waals surface area contributed by atoms with E-state index in [2.05, 4.69) is 9.99 Å². The van der Waals surface area contributed by atoms with Crippen molar-refractivity contribution in [2.24, 2.45) is 5.16 Å². The normalized spacial score (nSPS) is 14.8. The van der Waals surface area contributed by atoms with Crippen molar-refractivity contribution in [3.63, 3.8) is 0 Å². The van der Waals surface area contributed by atoms with Gasteiger partial charge in [-0.25, -0.2) is 4.79 Å². The van der Waals surface area contributed by atoms with E-state index in [0.29, 0.717) is 26.3 Å². The van der Waals surface area contributed by atoms with E-state index in [9.17, 15) is 9.59 Å². The number of halogens is 3. The Kier molecular flexibility index (Phi) is 4.99. The summed E-state index contributed by atoms with van der Waals surface area (Å²) in [5.41, 5.74) is 1.93. The van der Waals surface area contributed by atoms with Gasteiger partial charge in [0.25, 0.3) is 5.91 Å². The Hall–Kier alpha value is -2.08. The van der Waals surface area contributed by atoms with Crippen LogP contribution in [0.15, 0.2) is 41.6 Å². The molecular weight excluding hydrogens is 387 g/mol. The van der Waals surface area contributed by atoms with E-state index in [1.54, 1.807) is 36.4 Å². The largest absolute Gasteiger partial charge is 0.332 e. The standard InChI is InChI=1S/C17H11Cl3N2O3/c1-9(23)25-21-16-12-7-11(18)3-5-15(12)22(17(16)24)8-10-2-4-13(19)14(20)6-10/h2-7H,8H2,1H3. The molecule has 3 rings (SSSR count). The Morgan fingerprint density at radius 2 is 1.88 bits per heavy atom. The lowest BCUT2D eigenvalue weighted by atomic mass is 10.1. The Morgan fingerprint density at radius 1 is 1.12 bits per heavy atom. The minimum Gasteiger partial charge on any atom is -0.318 e. The van der Waals surface area contributed by atoms with Crippen LogP contribution in [0.5, 0.6) is 0 Å². The summed E-state index contributed by atoms with van der Waals surface area (Å²) in [4.78, 5) is 29.9. The molecule has 0 fully saturated rings. The zero-order valence-corrected chi connectivity index (χ0v) is 15.2. The maximum atomic E-state index is 12.7. The van der Waals surface area contributed by atoms with E-state index in [1.807, 2.05) is 0 Å². The molecule has 1 aliphatic heterocycles. The highest BCUT2D eigenvalue weighted by atomic mass is 35.5. The van der Waals surface area contributed by atoms with Crippen LogP contribution in [0.3, 0.4) is 0 Å². The van der Waals surface area contributed by atoms with Crippen LogP contribution < -0.4 is 4.90 Å². The van der Waals surface area contributed by atoms with Crippen molar-refractivity contribution >= 4 is 58.1 Å². The Bertz CT molecular complexity index is 912. The van der Waals surface area contributed by atoms with Gasteiger partial charge in [0, 0.05) is 17.5 Å². The van der Waals surface area contributed by atoms with Gasteiger partial charge in [0.2, 0.25) is 0 Å². The van der Waals surface area contributed by atoms with Gasteiger partial charge >= 0.3 is 5.97 Å². The highest BCUT2D eigenvalue weighted by Crippen LogP contribution is 2.33. The topological polar surface area (TPSA) is 59.0 Å². The molecule has 0 spiro atoms. The van der Waals surface area contributed by atoms with Crippen LogP contribution in [0.1, 0.15) is 18.1 Å². The van der Waals surface area contributed by atoms with Crippen molar-refractivity contribution in [1.29, 1.82) is 0 Å². The van der Waals surface area contributed by atoms with Gasteiger partial charge < -0.3 is 9.74 Å². The third-order valence-electron chi connectivity index (χ3n) is 3.54. The molecule has 128 valence electrons. The number of hydrogen-bond donors (Lipinski definition) is 0. The van der Waals surface area contributed by atoms with E-state index in [4.69, 9.17) is 34.8 Å². The number of carbonyl (C=O) groups excluding carboxylic acids is 2. The first-order valence-corrected chi connectivity index (χ1v) is 8.31. The number of carbonyl (C=O) groups is 2. The molecule has 1 aliphatic rings. The molecule has 0 saturated heterocycles. The van der Waals surface area contributed by atoms with Gasteiger partial charge in [0.15, 0.2) is 5.71 Å². The number of amides is 1. The first-order valence-electron chi connectivity index (χ1n) is 7.18. The summed E-state index contributed by atoms with van der Waals surface area (Å²) in [7, 11) is 0. The van der Waals surface area contributed by atoms with Crippen molar-refractivity contribution in [3.8, 4) is 0 Å². The van der Waals surface area contributed by atoms with Crippen LogP contribution in [-0.2, 0) is 21.0 Å². The molecule has 8 heteroatoms. The zero-order chi connectivity index (χ0) is 18.1. The fourth-order valence-electron chi connectivity index (χ4n) is 2.46. The van der Waals surface area contributed by atoms with E-state index in [1.165, 1.54) is 11.8 Å². The van der Waals surface area contributed by atoms with Gasteiger partial charge in [-0.15, -0.1) is 0 Å². The van der Waals surface area contributed by atoms with Crippen LogP contribution >= 0.6 is 34.8 Å². The number of rotatable bonds is 3. The summed E-state index contributed by atoms with van der Waals surface area (Å²) in [5, 5.41) is 4.95. The van der Waals surface area contributed by atoms with Gasteiger partial charge in [0.05, 0.1) is 22.3 Å². The maximum Gasteiger partial charge on any atom is 0.332 e. The predicted molar refractivity (Wildman–Crippen MR) is 97.4 cm³/mol. The van der Waals surface area contributed by atoms with Crippen LogP contribution in [0.25, 0.3) is 0 Å². The number of fused-ring (bicyclic) bond motifs is 1.